The van der Waals surface area contributed by atoms with Gasteiger partial charge in [0.15, 0.2) is 0 Å². The number of aromatic nitrogens is 2. The Bertz CT molecular complexity index is 1040. The van der Waals surface area contributed by atoms with Crippen molar-refractivity contribution in [2.45, 2.75) is 32.7 Å². The summed E-state index contributed by atoms with van der Waals surface area (Å²) in [6.07, 6.45) is 2.26. The highest BCUT2D eigenvalue weighted by molar-refractivity contribution is 7.20. The standard InChI is InChI=1S/C21H24N4OS/c1-12-5-3-4-6-18(12)25-21-15(13(2)23-25)9-19(27-21)20(26)24-10-14-7-8-17(22)16(14)11-24/h3-6,9,14,16-17H,7-8,10-11,22H2,1-2H3. The monoisotopic (exact) mass is 380 g/mol. The molecule has 27 heavy (non-hydrogen) atoms. The molecule has 140 valence electrons. The van der Waals surface area contributed by atoms with Crippen molar-refractivity contribution in [2.75, 3.05) is 13.1 Å². The summed E-state index contributed by atoms with van der Waals surface area (Å²) in [4.78, 5) is 17.0. The van der Waals surface area contributed by atoms with E-state index in [-0.39, 0.29) is 11.9 Å². The van der Waals surface area contributed by atoms with Crippen molar-refractivity contribution < 1.29 is 4.79 Å². The van der Waals surface area contributed by atoms with Crippen molar-refractivity contribution in [1.29, 1.82) is 0 Å². The van der Waals surface area contributed by atoms with Gasteiger partial charge < -0.3 is 10.6 Å². The second-order valence-corrected chi connectivity index (χ2v) is 9.02. The maximum Gasteiger partial charge on any atom is 0.264 e. The lowest BCUT2D eigenvalue weighted by Gasteiger charge is -2.17. The van der Waals surface area contributed by atoms with Crippen LogP contribution in [0.4, 0.5) is 0 Å². The zero-order valence-corrected chi connectivity index (χ0v) is 16.5. The highest BCUT2D eigenvalue weighted by Gasteiger charge is 2.42. The van der Waals surface area contributed by atoms with Gasteiger partial charge in [0, 0.05) is 24.5 Å². The van der Waals surface area contributed by atoms with Crippen LogP contribution in [-0.4, -0.2) is 39.7 Å². The lowest BCUT2D eigenvalue weighted by molar-refractivity contribution is 0.0784. The lowest BCUT2D eigenvalue weighted by atomic mass is 9.98. The van der Waals surface area contributed by atoms with Crippen LogP contribution in [0.5, 0.6) is 0 Å². The topological polar surface area (TPSA) is 64.2 Å². The number of para-hydroxylation sites is 1. The third-order valence-corrected chi connectivity index (χ3v) is 7.40. The number of hydrogen-bond donors (Lipinski definition) is 1. The molecular weight excluding hydrogens is 356 g/mol. The first-order valence-corrected chi connectivity index (χ1v) is 10.4. The molecule has 2 aliphatic rings. The minimum absolute atomic E-state index is 0.147. The average Bonchev–Trinajstić information content (AvgIpc) is 3.39. The minimum atomic E-state index is 0.147. The highest BCUT2D eigenvalue weighted by atomic mass is 32.1. The first kappa shape index (κ1) is 17.0. The summed E-state index contributed by atoms with van der Waals surface area (Å²) in [7, 11) is 0. The van der Waals surface area contributed by atoms with Crippen LogP contribution in [0.25, 0.3) is 15.9 Å². The highest BCUT2D eigenvalue weighted by Crippen LogP contribution is 2.39. The molecule has 2 N–H and O–H groups in total. The number of likely N-dealkylation sites (tertiary alicyclic amines) is 1. The van der Waals surface area contributed by atoms with E-state index in [1.807, 2.05) is 34.7 Å². The minimum Gasteiger partial charge on any atom is -0.337 e. The number of carbonyl (C=O) groups excluding carboxylic acids is 1. The zero-order chi connectivity index (χ0) is 18.7. The van der Waals surface area contributed by atoms with E-state index in [9.17, 15) is 4.79 Å². The maximum absolute atomic E-state index is 13.1. The van der Waals surface area contributed by atoms with Crippen molar-refractivity contribution in [3.05, 3.63) is 46.5 Å². The lowest BCUT2D eigenvalue weighted by Crippen LogP contribution is -2.33. The molecule has 3 heterocycles. The van der Waals surface area contributed by atoms with Crippen LogP contribution >= 0.6 is 11.3 Å². The van der Waals surface area contributed by atoms with Crippen molar-refractivity contribution in [3.8, 4) is 5.69 Å². The molecule has 1 aliphatic carbocycles. The molecule has 2 aromatic heterocycles. The number of thiophene rings is 1. The van der Waals surface area contributed by atoms with Crippen molar-refractivity contribution in [3.63, 3.8) is 0 Å². The number of amides is 1. The summed E-state index contributed by atoms with van der Waals surface area (Å²) >= 11 is 1.55. The van der Waals surface area contributed by atoms with Crippen molar-refractivity contribution in [1.82, 2.24) is 14.7 Å². The van der Waals surface area contributed by atoms with Crippen molar-refractivity contribution >= 4 is 27.5 Å². The molecule has 3 unspecified atom stereocenters. The first-order valence-electron chi connectivity index (χ1n) is 9.63. The quantitative estimate of drug-likeness (QED) is 0.740. The number of nitrogens with two attached hydrogens (primary N) is 1. The van der Waals surface area contributed by atoms with Gasteiger partial charge in [-0.15, -0.1) is 11.3 Å². The average molecular weight is 381 g/mol. The van der Waals surface area contributed by atoms with Crippen LogP contribution in [0.1, 0.15) is 33.8 Å². The molecule has 3 atom stereocenters. The predicted molar refractivity (Wildman–Crippen MR) is 109 cm³/mol. The number of hydrogen-bond acceptors (Lipinski definition) is 4. The van der Waals surface area contributed by atoms with Gasteiger partial charge in [0.25, 0.3) is 5.91 Å². The van der Waals surface area contributed by atoms with Gasteiger partial charge >= 0.3 is 0 Å². The van der Waals surface area contributed by atoms with E-state index in [1.54, 1.807) is 11.3 Å². The molecule has 5 rings (SSSR count). The van der Waals surface area contributed by atoms with Gasteiger partial charge in [-0.1, -0.05) is 18.2 Å². The predicted octanol–water partition coefficient (Wildman–Crippen LogP) is 3.51. The molecule has 0 radical (unpaired) electrons. The third-order valence-electron chi connectivity index (χ3n) is 6.30. The molecule has 0 spiro atoms. The number of fused-ring (bicyclic) bond motifs is 2. The van der Waals surface area contributed by atoms with E-state index < -0.39 is 0 Å². The molecule has 5 nitrogen and oxygen atoms in total. The molecule has 6 heteroatoms. The van der Waals surface area contributed by atoms with E-state index in [0.29, 0.717) is 11.8 Å². The molecular formula is C21H24N4OS. The zero-order valence-electron chi connectivity index (χ0n) is 15.7. The van der Waals surface area contributed by atoms with E-state index in [2.05, 4.69) is 19.1 Å². The Kier molecular flexibility index (Phi) is 3.88. The fourth-order valence-electron chi connectivity index (χ4n) is 4.75. The summed E-state index contributed by atoms with van der Waals surface area (Å²) in [5.41, 5.74) is 9.44. The number of benzene rings is 1. The van der Waals surface area contributed by atoms with Crippen LogP contribution in [0, 0.1) is 25.7 Å². The molecule has 1 aromatic carbocycles. The second-order valence-electron chi connectivity index (χ2n) is 7.99. The van der Waals surface area contributed by atoms with Gasteiger partial charge in [-0.2, -0.15) is 5.10 Å². The maximum atomic E-state index is 13.1. The summed E-state index contributed by atoms with van der Waals surface area (Å²) in [6, 6.07) is 10.5. The Hall–Kier alpha value is -2.18. The molecule has 1 aliphatic heterocycles. The van der Waals surface area contributed by atoms with Crippen LogP contribution in [0.15, 0.2) is 30.3 Å². The Morgan fingerprint density at radius 2 is 2.04 bits per heavy atom. The largest absolute Gasteiger partial charge is 0.337 e. The number of rotatable bonds is 2. The Morgan fingerprint density at radius 1 is 1.22 bits per heavy atom. The van der Waals surface area contributed by atoms with Crippen LogP contribution in [-0.2, 0) is 0 Å². The van der Waals surface area contributed by atoms with Crippen LogP contribution < -0.4 is 5.73 Å². The van der Waals surface area contributed by atoms with E-state index in [1.165, 1.54) is 5.56 Å². The Balaban J connectivity index is 1.50. The molecule has 2 fully saturated rings. The van der Waals surface area contributed by atoms with Crippen LogP contribution in [0.3, 0.4) is 0 Å². The molecule has 3 aromatic rings. The first-order chi connectivity index (χ1) is 13.0. The van der Waals surface area contributed by atoms with Gasteiger partial charge in [0.05, 0.1) is 16.3 Å². The third kappa shape index (κ3) is 2.62. The van der Waals surface area contributed by atoms with E-state index >= 15 is 0 Å². The summed E-state index contributed by atoms with van der Waals surface area (Å²) in [5.74, 6) is 1.21. The molecule has 1 amide bonds. The Morgan fingerprint density at radius 3 is 2.81 bits per heavy atom. The summed E-state index contributed by atoms with van der Waals surface area (Å²) in [5, 5.41) is 5.79. The summed E-state index contributed by atoms with van der Waals surface area (Å²) in [6.45, 7) is 5.76. The van der Waals surface area contributed by atoms with Gasteiger partial charge in [0.2, 0.25) is 0 Å². The molecule has 1 saturated heterocycles. The van der Waals surface area contributed by atoms with E-state index in [4.69, 9.17) is 10.8 Å². The normalized spacial score (nSPS) is 24.7. The molecule has 1 saturated carbocycles. The Labute approximate surface area is 162 Å². The number of aryl methyl sites for hydroxylation is 2. The van der Waals surface area contributed by atoms with Gasteiger partial charge in [0.1, 0.15) is 4.83 Å². The second kappa shape index (κ2) is 6.17. The van der Waals surface area contributed by atoms with Crippen LogP contribution in [0.2, 0.25) is 0 Å². The smallest absolute Gasteiger partial charge is 0.264 e. The summed E-state index contributed by atoms with van der Waals surface area (Å²) < 4.78 is 1.98. The van der Waals surface area contributed by atoms with Gasteiger partial charge in [-0.25, -0.2) is 4.68 Å². The fraction of sp³-hybridized carbons (Fsp3) is 0.429. The van der Waals surface area contributed by atoms with Crippen molar-refractivity contribution in [2.24, 2.45) is 17.6 Å². The fourth-order valence-corrected chi connectivity index (χ4v) is 5.89. The van der Waals surface area contributed by atoms with E-state index in [0.717, 1.165) is 52.4 Å². The SMILES string of the molecule is Cc1ccccc1-n1nc(C)c2cc(C(=O)N3CC4CCC(N)C4C3)sc21. The number of carbonyl (C=O) groups is 1. The number of nitrogens with zero attached hydrogens (tertiary/aromatic N) is 3. The van der Waals surface area contributed by atoms with Gasteiger partial charge in [-0.05, 0) is 56.2 Å². The van der Waals surface area contributed by atoms with Gasteiger partial charge in [-0.3, -0.25) is 4.79 Å². The molecule has 0 bridgehead atoms.